The average Bonchev–Trinajstić information content (AvgIpc) is 2.97. The minimum Gasteiger partial charge on any atom is -0.462 e. The number of fused-ring (bicyclic) bond motifs is 4. The van der Waals surface area contributed by atoms with Crippen LogP contribution in [0.2, 0.25) is 0 Å². The fraction of sp³-hybridized carbons (Fsp3) is 0.880. The van der Waals surface area contributed by atoms with E-state index in [0.717, 1.165) is 25.9 Å². The third-order valence-corrected chi connectivity index (χ3v) is 9.27. The van der Waals surface area contributed by atoms with Crippen molar-refractivity contribution in [1.29, 1.82) is 0 Å². The van der Waals surface area contributed by atoms with E-state index in [-0.39, 0.29) is 18.0 Å². The van der Waals surface area contributed by atoms with Crippen molar-refractivity contribution < 1.29 is 9.53 Å². The van der Waals surface area contributed by atoms with Gasteiger partial charge in [0.25, 0.3) is 0 Å². The van der Waals surface area contributed by atoms with E-state index in [4.69, 9.17) is 4.74 Å². The van der Waals surface area contributed by atoms with Gasteiger partial charge in [0, 0.05) is 25.0 Å². The second kappa shape index (κ2) is 6.09. The van der Waals surface area contributed by atoms with Crippen LogP contribution in [0.3, 0.4) is 0 Å². The molecule has 156 valence electrons. The zero-order valence-electron chi connectivity index (χ0n) is 18.4. The van der Waals surface area contributed by atoms with Gasteiger partial charge in [-0.2, -0.15) is 0 Å². The van der Waals surface area contributed by atoms with Crippen LogP contribution in [0.4, 0.5) is 0 Å². The Morgan fingerprint density at radius 3 is 2.75 bits per heavy atom. The van der Waals surface area contributed by atoms with Crippen LogP contribution in [0.15, 0.2) is 12.2 Å². The van der Waals surface area contributed by atoms with E-state index < -0.39 is 0 Å². The highest BCUT2D eigenvalue weighted by molar-refractivity contribution is 5.75. The number of esters is 1. The Labute approximate surface area is 171 Å². The summed E-state index contributed by atoms with van der Waals surface area (Å²) < 4.78 is 6.02. The second-order valence-electron chi connectivity index (χ2n) is 12.5. The molecule has 3 heteroatoms. The summed E-state index contributed by atoms with van der Waals surface area (Å²) in [5, 5.41) is 0. The number of hydrogen-bond acceptors (Lipinski definition) is 3. The summed E-state index contributed by atoms with van der Waals surface area (Å²) in [6.07, 6.45) is 9.93. The number of carbonyl (C=O) groups excluding carboxylic acids is 1. The van der Waals surface area contributed by atoms with Crippen LogP contribution in [-0.2, 0) is 9.53 Å². The Balaban J connectivity index is 1.34. The molecule has 0 spiro atoms. The van der Waals surface area contributed by atoms with Gasteiger partial charge in [-0.05, 0) is 73.5 Å². The lowest BCUT2D eigenvalue weighted by atomic mass is 9.55. The Morgan fingerprint density at radius 2 is 1.96 bits per heavy atom. The predicted molar refractivity (Wildman–Crippen MR) is 112 cm³/mol. The standard InChI is InChI=1S/C25H39NO2/c1-16-7-6-8-25(5)12-21-18(9-20(16)25)19(22(27)28-21)13-26-15-24(4)11-17(26)10-23(2,3)14-24/h17-21H,1,6-15H2,2-5H3/t17?,18-,19?,20+,21-,24?,25-/m1/s1. The minimum atomic E-state index is 0.0790. The summed E-state index contributed by atoms with van der Waals surface area (Å²) in [6, 6.07) is 0.652. The number of likely N-dealkylation sites (tertiary alicyclic amines) is 1. The van der Waals surface area contributed by atoms with E-state index in [1.807, 2.05) is 0 Å². The van der Waals surface area contributed by atoms with Gasteiger partial charge < -0.3 is 4.74 Å². The van der Waals surface area contributed by atoms with Gasteiger partial charge in [0.15, 0.2) is 0 Å². The number of nitrogens with zero attached hydrogens (tertiary/aromatic N) is 1. The van der Waals surface area contributed by atoms with Crippen LogP contribution < -0.4 is 0 Å². The molecule has 2 aliphatic heterocycles. The van der Waals surface area contributed by atoms with E-state index in [1.165, 1.54) is 44.1 Å². The fourth-order valence-corrected chi connectivity index (χ4v) is 8.51. The Morgan fingerprint density at radius 1 is 1.18 bits per heavy atom. The number of ether oxygens (including phenoxy) is 1. The molecule has 0 aromatic carbocycles. The molecule has 0 aromatic rings. The van der Waals surface area contributed by atoms with E-state index >= 15 is 0 Å². The van der Waals surface area contributed by atoms with Gasteiger partial charge in [0.2, 0.25) is 0 Å². The molecule has 3 aliphatic carbocycles. The van der Waals surface area contributed by atoms with Crippen LogP contribution >= 0.6 is 0 Å². The van der Waals surface area contributed by atoms with Gasteiger partial charge in [-0.1, -0.05) is 39.8 Å². The average molecular weight is 386 g/mol. The maximum atomic E-state index is 12.9. The summed E-state index contributed by atoms with van der Waals surface area (Å²) in [7, 11) is 0. The summed E-state index contributed by atoms with van der Waals surface area (Å²) >= 11 is 0. The molecule has 7 atom stereocenters. The van der Waals surface area contributed by atoms with Crippen LogP contribution in [0, 0.1) is 34.0 Å². The predicted octanol–water partition coefficient (Wildman–Crippen LogP) is 5.20. The van der Waals surface area contributed by atoms with Gasteiger partial charge in [-0.3, -0.25) is 9.69 Å². The molecule has 5 fully saturated rings. The van der Waals surface area contributed by atoms with Crippen molar-refractivity contribution in [3.63, 3.8) is 0 Å². The molecule has 3 nitrogen and oxygen atoms in total. The first-order chi connectivity index (χ1) is 13.1. The van der Waals surface area contributed by atoms with Crippen LogP contribution in [0.1, 0.15) is 79.1 Å². The van der Waals surface area contributed by atoms with E-state index in [9.17, 15) is 4.79 Å². The number of hydrogen-bond donors (Lipinski definition) is 0. The van der Waals surface area contributed by atoms with E-state index in [0.29, 0.717) is 34.1 Å². The molecule has 2 bridgehead atoms. The first-order valence-corrected chi connectivity index (χ1v) is 11.7. The third-order valence-electron chi connectivity index (χ3n) is 9.27. The summed E-state index contributed by atoms with van der Waals surface area (Å²) in [4.78, 5) is 15.6. The van der Waals surface area contributed by atoms with Gasteiger partial charge in [-0.25, -0.2) is 0 Å². The molecule has 3 unspecified atom stereocenters. The molecule has 0 amide bonds. The fourth-order valence-electron chi connectivity index (χ4n) is 8.51. The second-order valence-corrected chi connectivity index (χ2v) is 12.5. The lowest BCUT2D eigenvalue weighted by Gasteiger charge is -2.50. The highest BCUT2D eigenvalue weighted by Gasteiger charge is 2.57. The largest absolute Gasteiger partial charge is 0.462 e. The normalized spacial score (nSPS) is 50.2. The molecule has 0 radical (unpaired) electrons. The first-order valence-electron chi connectivity index (χ1n) is 11.7. The lowest BCUT2D eigenvalue weighted by Crippen LogP contribution is -2.46. The Bertz CT molecular complexity index is 699. The van der Waals surface area contributed by atoms with Gasteiger partial charge in [-0.15, -0.1) is 0 Å². The smallest absolute Gasteiger partial charge is 0.310 e. The zero-order chi connectivity index (χ0) is 19.9. The Kier molecular flexibility index (Phi) is 4.17. The highest BCUT2D eigenvalue weighted by atomic mass is 16.6. The topological polar surface area (TPSA) is 29.5 Å². The maximum absolute atomic E-state index is 12.9. The number of carbonyl (C=O) groups is 1. The van der Waals surface area contributed by atoms with Gasteiger partial charge in [0.05, 0.1) is 5.92 Å². The molecule has 2 saturated heterocycles. The van der Waals surface area contributed by atoms with E-state index in [2.05, 4.69) is 39.2 Å². The van der Waals surface area contributed by atoms with E-state index in [1.54, 1.807) is 0 Å². The molecule has 3 saturated carbocycles. The van der Waals surface area contributed by atoms with Crippen molar-refractivity contribution in [2.75, 3.05) is 13.1 Å². The van der Waals surface area contributed by atoms with Crippen molar-refractivity contribution >= 4 is 5.97 Å². The quantitative estimate of drug-likeness (QED) is 0.483. The monoisotopic (exact) mass is 385 g/mol. The third kappa shape index (κ3) is 2.99. The minimum absolute atomic E-state index is 0.0790. The van der Waals surface area contributed by atoms with Crippen LogP contribution in [-0.4, -0.2) is 36.1 Å². The van der Waals surface area contributed by atoms with Crippen LogP contribution in [0.5, 0.6) is 0 Å². The zero-order valence-corrected chi connectivity index (χ0v) is 18.4. The molecule has 0 aromatic heterocycles. The lowest BCUT2D eigenvalue weighted by molar-refractivity contribution is -0.146. The molecule has 2 heterocycles. The van der Waals surface area contributed by atoms with Crippen molar-refractivity contribution in [2.45, 2.75) is 91.2 Å². The number of allylic oxidation sites excluding steroid dienone is 1. The summed E-state index contributed by atoms with van der Waals surface area (Å²) in [6.45, 7) is 16.3. The molecule has 5 rings (SSSR count). The first kappa shape index (κ1) is 19.2. The molecule has 5 aliphatic rings. The molecule has 0 N–H and O–H groups in total. The van der Waals surface area contributed by atoms with Crippen molar-refractivity contribution in [3.05, 3.63) is 12.2 Å². The SMILES string of the molecule is C=C1CCC[C@]2(C)C[C@H]3OC(=O)C(CN4CC5(C)CC4CC(C)(C)C5)[C@H]3C[C@@H]12. The van der Waals surface area contributed by atoms with Gasteiger partial charge in [0.1, 0.15) is 6.10 Å². The van der Waals surface area contributed by atoms with Crippen molar-refractivity contribution in [3.8, 4) is 0 Å². The molecule has 28 heavy (non-hydrogen) atoms. The highest BCUT2D eigenvalue weighted by Crippen LogP contribution is 2.58. The summed E-state index contributed by atoms with van der Waals surface area (Å²) in [5.74, 6) is 1.17. The Hall–Kier alpha value is -0.830. The number of rotatable bonds is 2. The van der Waals surface area contributed by atoms with Crippen molar-refractivity contribution in [1.82, 2.24) is 4.90 Å². The van der Waals surface area contributed by atoms with Crippen molar-refractivity contribution in [2.24, 2.45) is 34.0 Å². The molecular formula is C25H39NO2. The van der Waals surface area contributed by atoms with Crippen LogP contribution in [0.25, 0.3) is 0 Å². The van der Waals surface area contributed by atoms with Gasteiger partial charge >= 0.3 is 5.97 Å². The summed E-state index contributed by atoms with van der Waals surface area (Å²) in [5.41, 5.74) is 2.60. The maximum Gasteiger partial charge on any atom is 0.310 e. The molecular weight excluding hydrogens is 346 g/mol.